The molecule has 0 aliphatic heterocycles. The highest BCUT2D eigenvalue weighted by Gasteiger charge is 2.19. The second-order valence-electron chi connectivity index (χ2n) is 3.57. The maximum atomic E-state index is 10.4. The SMILES string of the molecule is O=C(O)C(O)Cc1cc2c(s1)CCC2. The van der Waals surface area contributed by atoms with Gasteiger partial charge in [-0.2, -0.15) is 0 Å². The average molecular weight is 212 g/mol. The molecule has 1 aromatic rings. The molecule has 0 bridgehead atoms. The molecule has 1 heterocycles. The monoisotopic (exact) mass is 212 g/mol. The number of carboxylic acid groups (broad SMARTS) is 1. The average Bonchev–Trinajstić information content (AvgIpc) is 2.63. The molecule has 2 rings (SSSR count). The number of aryl methyl sites for hydroxylation is 2. The van der Waals surface area contributed by atoms with E-state index in [1.165, 1.54) is 16.9 Å². The molecule has 0 saturated carbocycles. The molecule has 0 amide bonds. The van der Waals surface area contributed by atoms with Crippen LogP contribution in [0.25, 0.3) is 0 Å². The number of aliphatic hydroxyl groups is 1. The van der Waals surface area contributed by atoms with Crippen molar-refractivity contribution in [2.75, 3.05) is 0 Å². The Labute approximate surface area is 86.0 Å². The summed E-state index contributed by atoms with van der Waals surface area (Å²) in [5.41, 5.74) is 1.35. The summed E-state index contributed by atoms with van der Waals surface area (Å²) in [4.78, 5) is 12.8. The Balaban J connectivity index is 2.07. The molecule has 14 heavy (non-hydrogen) atoms. The highest BCUT2D eigenvalue weighted by molar-refractivity contribution is 7.12. The van der Waals surface area contributed by atoms with Crippen LogP contribution in [0.3, 0.4) is 0 Å². The zero-order valence-electron chi connectivity index (χ0n) is 7.69. The first-order valence-electron chi connectivity index (χ1n) is 4.68. The van der Waals surface area contributed by atoms with Gasteiger partial charge in [0.1, 0.15) is 0 Å². The Kier molecular flexibility index (Phi) is 2.56. The van der Waals surface area contributed by atoms with Gasteiger partial charge in [0.05, 0.1) is 0 Å². The summed E-state index contributed by atoms with van der Waals surface area (Å²) in [5, 5.41) is 17.7. The summed E-state index contributed by atoms with van der Waals surface area (Å²) in [6.45, 7) is 0. The minimum absolute atomic E-state index is 0.243. The van der Waals surface area contributed by atoms with E-state index in [-0.39, 0.29) is 6.42 Å². The van der Waals surface area contributed by atoms with Crippen molar-refractivity contribution in [2.45, 2.75) is 31.8 Å². The normalized spacial score (nSPS) is 16.6. The Morgan fingerprint density at radius 2 is 2.36 bits per heavy atom. The molecule has 1 unspecified atom stereocenters. The van der Waals surface area contributed by atoms with E-state index in [0.717, 1.165) is 17.7 Å². The predicted molar refractivity (Wildman–Crippen MR) is 53.7 cm³/mol. The fourth-order valence-electron chi connectivity index (χ4n) is 1.77. The molecule has 1 aliphatic carbocycles. The van der Waals surface area contributed by atoms with Gasteiger partial charge in [0.2, 0.25) is 0 Å². The van der Waals surface area contributed by atoms with Gasteiger partial charge in [0, 0.05) is 16.2 Å². The van der Waals surface area contributed by atoms with Gasteiger partial charge < -0.3 is 10.2 Å². The quantitative estimate of drug-likeness (QED) is 0.792. The number of carbonyl (C=O) groups is 1. The number of fused-ring (bicyclic) bond motifs is 1. The Bertz CT molecular complexity index is 335. The third-order valence-corrected chi connectivity index (χ3v) is 3.74. The Morgan fingerprint density at radius 3 is 3.00 bits per heavy atom. The van der Waals surface area contributed by atoms with Gasteiger partial charge in [0.25, 0.3) is 0 Å². The zero-order valence-corrected chi connectivity index (χ0v) is 8.51. The van der Waals surface area contributed by atoms with E-state index in [2.05, 4.69) is 0 Å². The van der Waals surface area contributed by atoms with Crippen LogP contribution in [0.2, 0.25) is 0 Å². The highest BCUT2D eigenvalue weighted by Crippen LogP contribution is 2.31. The van der Waals surface area contributed by atoms with Crippen LogP contribution in [0, 0.1) is 0 Å². The molecule has 0 fully saturated rings. The fraction of sp³-hybridized carbons (Fsp3) is 0.500. The first kappa shape index (κ1) is 9.68. The summed E-state index contributed by atoms with van der Waals surface area (Å²) < 4.78 is 0. The van der Waals surface area contributed by atoms with E-state index in [0.29, 0.717) is 0 Å². The summed E-state index contributed by atoms with van der Waals surface area (Å²) in [6.07, 6.45) is 2.42. The van der Waals surface area contributed by atoms with Crippen LogP contribution in [-0.2, 0) is 24.1 Å². The molecule has 2 N–H and O–H groups in total. The molecule has 76 valence electrons. The lowest BCUT2D eigenvalue weighted by atomic mass is 10.2. The molecule has 0 spiro atoms. The number of carboxylic acids is 1. The molecule has 4 heteroatoms. The third-order valence-electron chi connectivity index (χ3n) is 2.48. The summed E-state index contributed by atoms with van der Waals surface area (Å²) in [7, 11) is 0. The molecular weight excluding hydrogens is 200 g/mol. The van der Waals surface area contributed by atoms with Gasteiger partial charge in [-0.1, -0.05) is 0 Å². The molecule has 0 aromatic carbocycles. The molecule has 0 radical (unpaired) electrons. The molecule has 1 atom stereocenters. The summed E-state index contributed by atoms with van der Waals surface area (Å²) >= 11 is 1.64. The number of thiophene rings is 1. The smallest absolute Gasteiger partial charge is 0.332 e. The van der Waals surface area contributed by atoms with Gasteiger partial charge >= 0.3 is 5.97 Å². The predicted octanol–water partition coefficient (Wildman–Crippen LogP) is 1.22. The van der Waals surface area contributed by atoms with Crippen molar-refractivity contribution < 1.29 is 15.0 Å². The van der Waals surface area contributed by atoms with Crippen LogP contribution in [0.4, 0.5) is 0 Å². The van der Waals surface area contributed by atoms with Gasteiger partial charge in [0.15, 0.2) is 6.10 Å². The van der Waals surface area contributed by atoms with Crippen LogP contribution < -0.4 is 0 Å². The van der Waals surface area contributed by atoms with Crippen molar-refractivity contribution in [3.8, 4) is 0 Å². The van der Waals surface area contributed by atoms with Crippen LogP contribution in [0.1, 0.15) is 21.7 Å². The number of hydrogen-bond acceptors (Lipinski definition) is 3. The Hall–Kier alpha value is -0.870. The standard InChI is InChI=1S/C10H12O3S/c11-8(10(12)13)5-7-4-6-2-1-3-9(6)14-7/h4,8,11H,1-3,5H2,(H,12,13). The third kappa shape index (κ3) is 1.81. The van der Waals surface area contributed by atoms with Gasteiger partial charge in [-0.05, 0) is 30.9 Å². The summed E-state index contributed by atoms with van der Waals surface area (Å²) in [6, 6.07) is 2.04. The summed E-state index contributed by atoms with van der Waals surface area (Å²) in [5.74, 6) is -1.14. The molecule has 0 saturated heterocycles. The minimum atomic E-state index is -1.26. The first-order valence-corrected chi connectivity index (χ1v) is 5.50. The van der Waals surface area contributed by atoms with E-state index in [9.17, 15) is 9.90 Å². The fourth-order valence-corrected chi connectivity index (χ4v) is 3.07. The molecule has 1 aromatic heterocycles. The van der Waals surface area contributed by atoms with Gasteiger partial charge in [-0.15, -0.1) is 11.3 Å². The number of aliphatic hydroxyl groups excluding tert-OH is 1. The van der Waals surface area contributed by atoms with E-state index < -0.39 is 12.1 Å². The van der Waals surface area contributed by atoms with E-state index >= 15 is 0 Å². The van der Waals surface area contributed by atoms with E-state index in [1.807, 2.05) is 6.07 Å². The number of hydrogen-bond donors (Lipinski definition) is 2. The lowest BCUT2D eigenvalue weighted by Crippen LogP contribution is -2.21. The lowest BCUT2D eigenvalue weighted by molar-refractivity contribution is -0.146. The number of rotatable bonds is 3. The molecular formula is C10H12O3S. The van der Waals surface area contributed by atoms with Gasteiger partial charge in [-0.25, -0.2) is 4.79 Å². The van der Waals surface area contributed by atoms with Crippen LogP contribution in [0.15, 0.2) is 6.07 Å². The van der Waals surface area contributed by atoms with Crippen molar-refractivity contribution in [1.82, 2.24) is 0 Å². The second-order valence-corrected chi connectivity index (χ2v) is 4.79. The first-order chi connectivity index (χ1) is 6.66. The van der Waals surface area contributed by atoms with Crippen LogP contribution in [-0.4, -0.2) is 22.3 Å². The molecule has 3 nitrogen and oxygen atoms in total. The van der Waals surface area contributed by atoms with Crippen molar-refractivity contribution >= 4 is 17.3 Å². The largest absolute Gasteiger partial charge is 0.479 e. The maximum absolute atomic E-state index is 10.4. The van der Waals surface area contributed by atoms with Crippen molar-refractivity contribution in [1.29, 1.82) is 0 Å². The Morgan fingerprint density at radius 1 is 1.57 bits per heavy atom. The van der Waals surface area contributed by atoms with Crippen molar-refractivity contribution in [2.24, 2.45) is 0 Å². The zero-order chi connectivity index (χ0) is 10.1. The minimum Gasteiger partial charge on any atom is -0.479 e. The van der Waals surface area contributed by atoms with Crippen molar-refractivity contribution in [3.05, 3.63) is 21.4 Å². The lowest BCUT2D eigenvalue weighted by Gasteiger charge is -2.01. The van der Waals surface area contributed by atoms with Crippen LogP contribution in [0.5, 0.6) is 0 Å². The topological polar surface area (TPSA) is 57.5 Å². The second kappa shape index (κ2) is 3.71. The maximum Gasteiger partial charge on any atom is 0.332 e. The van der Waals surface area contributed by atoms with E-state index in [1.54, 1.807) is 11.3 Å². The van der Waals surface area contributed by atoms with Gasteiger partial charge in [-0.3, -0.25) is 0 Å². The highest BCUT2D eigenvalue weighted by atomic mass is 32.1. The van der Waals surface area contributed by atoms with E-state index in [4.69, 9.17) is 5.11 Å². The molecule has 1 aliphatic rings. The van der Waals surface area contributed by atoms with Crippen LogP contribution >= 0.6 is 11.3 Å². The number of aliphatic carboxylic acids is 1. The van der Waals surface area contributed by atoms with Crippen molar-refractivity contribution in [3.63, 3.8) is 0 Å².